The monoisotopic (exact) mass is 498 g/mol. The Kier molecular flexibility index (Phi) is 8.21. The first-order chi connectivity index (χ1) is 17.0. The number of morpholine rings is 1. The van der Waals surface area contributed by atoms with E-state index in [2.05, 4.69) is 16.3 Å². The molecular weight excluding hydrogens is 468 g/mol. The summed E-state index contributed by atoms with van der Waals surface area (Å²) in [6.07, 6.45) is 4.65. The molecule has 1 saturated heterocycles. The average Bonchev–Trinajstić information content (AvgIpc) is 2.89. The van der Waals surface area contributed by atoms with Gasteiger partial charge < -0.3 is 29.2 Å². The molecule has 1 aliphatic carbocycles. The van der Waals surface area contributed by atoms with Gasteiger partial charge in [0.2, 0.25) is 5.75 Å². The maximum absolute atomic E-state index is 13.6. The molecule has 1 heterocycles. The van der Waals surface area contributed by atoms with Gasteiger partial charge >= 0.3 is 0 Å². The number of ether oxygens (including phenoxy) is 4. The van der Waals surface area contributed by atoms with Crippen molar-refractivity contribution >= 4 is 29.3 Å². The van der Waals surface area contributed by atoms with E-state index in [-0.39, 0.29) is 5.91 Å². The number of amides is 1. The van der Waals surface area contributed by atoms with Crippen LogP contribution in [0, 0.1) is 0 Å². The average molecular weight is 499 g/mol. The Morgan fingerprint density at radius 3 is 2.26 bits per heavy atom. The predicted octanol–water partition coefficient (Wildman–Crippen LogP) is 5.16. The molecule has 35 heavy (non-hydrogen) atoms. The molecule has 1 aliphatic heterocycles. The van der Waals surface area contributed by atoms with Crippen LogP contribution in [0.15, 0.2) is 53.2 Å². The minimum absolute atomic E-state index is 0.137. The Labute approximate surface area is 211 Å². The minimum Gasteiger partial charge on any atom is -0.493 e. The van der Waals surface area contributed by atoms with Gasteiger partial charge in [0.25, 0.3) is 5.91 Å². The quantitative estimate of drug-likeness (QED) is 0.568. The third-order valence-corrected chi connectivity index (χ3v) is 6.45. The van der Waals surface area contributed by atoms with Gasteiger partial charge in [0, 0.05) is 47.2 Å². The molecule has 1 N–H and O–H groups in total. The first kappa shape index (κ1) is 24.9. The zero-order chi connectivity index (χ0) is 24.8. The summed E-state index contributed by atoms with van der Waals surface area (Å²) in [5.41, 5.74) is 4.55. The second-order valence-corrected chi connectivity index (χ2v) is 8.81. The molecule has 0 aromatic heterocycles. The van der Waals surface area contributed by atoms with Crippen molar-refractivity contribution in [3.8, 4) is 17.2 Å². The second kappa shape index (κ2) is 11.5. The van der Waals surface area contributed by atoms with Crippen LogP contribution in [0.2, 0.25) is 5.02 Å². The molecular formula is C27H31ClN2O5. The third-order valence-electron chi connectivity index (χ3n) is 6.20. The molecule has 0 saturated carbocycles. The van der Waals surface area contributed by atoms with E-state index in [0.29, 0.717) is 47.6 Å². The Balaban J connectivity index is 1.72. The van der Waals surface area contributed by atoms with Crippen molar-refractivity contribution in [2.24, 2.45) is 0 Å². The fourth-order valence-electron chi connectivity index (χ4n) is 4.55. The van der Waals surface area contributed by atoms with Gasteiger partial charge in [-0.1, -0.05) is 23.7 Å². The van der Waals surface area contributed by atoms with Crippen molar-refractivity contribution in [1.29, 1.82) is 0 Å². The first-order valence-electron chi connectivity index (χ1n) is 11.7. The lowest BCUT2D eigenvalue weighted by atomic mass is 9.88. The van der Waals surface area contributed by atoms with E-state index in [1.807, 2.05) is 24.3 Å². The smallest absolute Gasteiger partial charge is 0.253 e. The number of carbonyl (C=O) groups is 1. The number of nitrogens with zero attached hydrogens (tertiary/aromatic N) is 1. The number of hydrogen-bond donors (Lipinski definition) is 1. The summed E-state index contributed by atoms with van der Waals surface area (Å²) in [7, 11) is 4.66. The lowest BCUT2D eigenvalue weighted by Crippen LogP contribution is -2.38. The number of allylic oxidation sites excluding steroid dienone is 1. The van der Waals surface area contributed by atoms with Gasteiger partial charge in [0.1, 0.15) is 0 Å². The van der Waals surface area contributed by atoms with Gasteiger partial charge in [-0.05, 0) is 48.6 Å². The van der Waals surface area contributed by atoms with E-state index < -0.39 is 0 Å². The summed E-state index contributed by atoms with van der Waals surface area (Å²) in [5.74, 6) is 1.31. The molecule has 2 aromatic rings. The van der Waals surface area contributed by atoms with Gasteiger partial charge in [-0.15, -0.1) is 0 Å². The molecule has 7 nitrogen and oxygen atoms in total. The van der Waals surface area contributed by atoms with Crippen LogP contribution < -0.4 is 19.5 Å². The summed E-state index contributed by atoms with van der Waals surface area (Å²) in [6, 6.07) is 11.2. The molecule has 1 fully saturated rings. The van der Waals surface area contributed by atoms with Gasteiger partial charge in [0.05, 0.1) is 34.5 Å². The van der Waals surface area contributed by atoms with E-state index >= 15 is 0 Å². The van der Waals surface area contributed by atoms with Crippen molar-refractivity contribution < 1.29 is 23.7 Å². The molecule has 1 amide bonds. The van der Waals surface area contributed by atoms with Crippen LogP contribution in [0.3, 0.4) is 0 Å². The number of rotatable bonds is 7. The molecule has 186 valence electrons. The fourth-order valence-corrected chi connectivity index (χ4v) is 4.67. The van der Waals surface area contributed by atoms with Crippen LogP contribution in [0.25, 0.3) is 6.08 Å². The predicted molar refractivity (Wildman–Crippen MR) is 137 cm³/mol. The highest BCUT2D eigenvalue weighted by Gasteiger charge is 2.28. The van der Waals surface area contributed by atoms with Gasteiger partial charge in [-0.25, -0.2) is 0 Å². The summed E-state index contributed by atoms with van der Waals surface area (Å²) in [6.45, 7) is 2.77. The summed E-state index contributed by atoms with van der Waals surface area (Å²) >= 11 is 6.08. The third kappa shape index (κ3) is 5.74. The normalized spacial score (nSPS) is 17.4. The van der Waals surface area contributed by atoms with Crippen molar-refractivity contribution in [3.63, 3.8) is 0 Å². The molecule has 0 atom stereocenters. The van der Waals surface area contributed by atoms with E-state index in [4.69, 9.17) is 30.5 Å². The number of hydrogen-bond acceptors (Lipinski definition) is 6. The molecule has 2 aliphatic rings. The van der Waals surface area contributed by atoms with Crippen LogP contribution in [-0.4, -0.2) is 58.4 Å². The summed E-state index contributed by atoms with van der Waals surface area (Å²) in [4.78, 5) is 15.9. The topological polar surface area (TPSA) is 69.3 Å². The lowest BCUT2D eigenvalue weighted by molar-refractivity contribution is -0.113. The van der Waals surface area contributed by atoms with Crippen molar-refractivity contribution in [1.82, 2.24) is 4.90 Å². The van der Waals surface area contributed by atoms with Gasteiger partial charge in [-0.3, -0.25) is 4.79 Å². The number of nitrogens with one attached hydrogen (secondary N) is 1. The molecule has 2 aromatic carbocycles. The van der Waals surface area contributed by atoms with E-state index in [1.54, 1.807) is 33.5 Å². The first-order valence-corrected chi connectivity index (χ1v) is 12.1. The van der Waals surface area contributed by atoms with Crippen LogP contribution in [0.1, 0.15) is 24.8 Å². The van der Waals surface area contributed by atoms with E-state index in [1.165, 1.54) is 0 Å². The minimum atomic E-state index is -0.137. The van der Waals surface area contributed by atoms with E-state index in [9.17, 15) is 4.79 Å². The molecule has 0 bridgehead atoms. The van der Waals surface area contributed by atoms with Crippen LogP contribution in [0.5, 0.6) is 17.2 Å². The largest absolute Gasteiger partial charge is 0.493 e. The van der Waals surface area contributed by atoms with Crippen LogP contribution in [-0.2, 0) is 9.53 Å². The molecule has 8 heteroatoms. The second-order valence-electron chi connectivity index (χ2n) is 8.37. The maximum Gasteiger partial charge on any atom is 0.253 e. The standard InChI is InChI=1S/C27H31ClN2O5/c1-32-23-16-21(17-24(33-2)26(23)34-3)29-27(31)22-6-4-5-19(15-18-7-9-20(28)10-8-18)25(22)30-11-13-35-14-12-30/h7-10,15-17H,4-6,11-14H2,1-3H3,(H,29,31). The number of halogens is 1. The van der Waals surface area contributed by atoms with Gasteiger partial charge in [-0.2, -0.15) is 0 Å². The van der Waals surface area contributed by atoms with Crippen LogP contribution >= 0.6 is 11.6 Å². The highest BCUT2D eigenvalue weighted by molar-refractivity contribution is 6.30. The van der Waals surface area contributed by atoms with Crippen molar-refractivity contribution in [2.45, 2.75) is 19.3 Å². The van der Waals surface area contributed by atoms with Crippen molar-refractivity contribution in [3.05, 3.63) is 63.8 Å². The highest BCUT2D eigenvalue weighted by Crippen LogP contribution is 2.41. The number of methoxy groups -OCH3 is 3. The van der Waals surface area contributed by atoms with Crippen LogP contribution in [0.4, 0.5) is 5.69 Å². The SMILES string of the molecule is COc1cc(NC(=O)C2=C(N3CCOCC3)C(=Cc3ccc(Cl)cc3)CCC2)cc(OC)c1OC. The Bertz CT molecular complexity index is 1100. The van der Waals surface area contributed by atoms with E-state index in [0.717, 1.165) is 48.3 Å². The summed E-state index contributed by atoms with van der Waals surface area (Å²) in [5, 5.41) is 3.76. The highest BCUT2D eigenvalue weighted by atomic mass is 35.5. The molecule has 0 radical (unpaired) electrons. The Morgan fingerprint density at radius 1 is 1.00 bits per heavy atom. The zero-order valence-electron chi connectivity index (χ0n) is 20.4. The van der Waals surface area contributed by atoms with Gasteiger partial charge in [0.15, 0.2) is 11.5 Å². The fraction of sp³-hybridized carbons (Fsp3) is 0.370. The number of benzene rings is 2. The number of carbonyl (C=O) groups excluding carboxylic acids is 1. The maximum atomic E-state index is 13.6. The summed E-state index contributed by atoms with van der Waals surface area (Å²) < 4.78 is 21.9. The molecule has 0 unspecified atom stereocenters. The van der Waals surface area contributed by atoms with Crippen molar-refractivity contribution in [2.75, 3.05) is 52.9 Å². The molecule has 4 rings (SSSR count). The lowest BCUT2D eigenvalue weighted by Gasteiger charge is -2.36. The zero-order valence-corrected chi connectivity index (χ0v) is 21.1. The Hall–Kier alpha value is -3.16. The molecule has 0 spiro atoms. The Morgan fingerprint density at radius 2 is 1.66 bits per heavy atom. The number of anilines is 1.